The van der Waals surface area contributed by atoms with Gasteiger partial charge < -0.3 is 10.8 Å². The molecule has 5 heteroatoms. The van der Waals surface area contributed by atoms with Crippen molar-refractivity contribution in [1.29, 1.82) is 0 Å². The molecule has 0 bridgehead atoms. The van der Waals surface area contributed by atoms with E-state index in [1.54, 1.807) is 12.3 Å². The molecule has 0 fully saturated rings. The summed E-state index contributed by atoms with van der Waals surface area (Å²) < 4.78 is 13.3. The Hall–Kier alpha value is -1.07. The lowest BCUT2D eigenvalue weighted by molar-refractivity contribution is -0.137. The lowest BCUT2D eigenvalue weighted by Gasteiger charge is -2.13. The Bertz CT molecular complexity index is 370. The van der Waals surface area contributed by atoms with Crippen molar-refractivity contribution >= 4 is 17.7 Å². The fourth-order valence-corrected chi connectivity index (χ4v) is 2.05. The minimum atomic E-state index is -0.987. The summed E-state index contributed by atoms with van der Waals surface area (Å²) in [6.45, 7) is 0. The average molecular weight is 229 g/mol. The third-order valence-electron chi connectivity index (χ3n) is 2.00. The molecule has 0 spiro atoms. The van der Waals surface area contributed by atoms with E-state index in [1.807, 2.05) is 0 Å². The fourth-order valence-electron chi connectivity index (χ4n) is 1.33. The van der Waals surface area contributed by atoms with Gasteiger partial charge in [-0.05, 0) is 17.9 Å². The van der Waals surface area contributed by atoms with Crippen molar-refractivity contribution in [3.8, 4) is 0 Å². The minimum Gasteiger partial charge on any atom is -0.481 e. The molecule has 15 heavy (non-hydrogen) atoms. The zero-order valence-electron chi connectivity index (χ0n) is 8.24. The molecule has 0 aromatic heterocycles. The number of carbonyl (C=O) groups is 1. The van der Waals surface area contributed by atoms with E-state index in [4.69, 9.17) is 10.8 Å². The van der Waals surface area contributed by atoms with E-state index in [0.717, 1.165) is 0 Å². The van der Waals surface area contributed by atoms with E-state index in [9.17, 15) is 9.18 Å². The zero-order valence-corrected chi connectivity index (χ0v) is 9.05. The first-order valence-corrected chi connectivity index (χ1v) is 5.58. The molecular formula is C10H12FNO2S. The van der Waals surface area contributed by atoms with Gasteiger partial charge in [-0.3, -0.25) is 4.79 Å². The Balaban J connectivity index is 3.02. The van der Waals surface area contributed by atoms with Crippen LogP contribution in [0.4, 0.5) is 4.39 Å². The van der Waals surface area contributed by atoms with Gasteiger partial charge in [0.1, 0.15) is 5.82 Å². The van der Waals surface area contributed by atoms with Gasteiger partial charge in [-0.25, -0.2) is 4.39 Å². The molecule has 1 rings (SSSR count). The van der Waals surface area contributed by atoms with Crippen LogP contribution in [-0.4, -0.2) is 17.3 Å². The van der Waals surface area contributed by atoms with Crippen molar-refractivity contribution in [2.75, 3.05) is 6.26 Å². The summed E-state index contributed by atoms with van der Waals surface area (Å²) in [5.41, 5.74) is 6.23. The minimum absolute atomic E-state index is 0.197. The number of rotatable bonds is 4. The van der Waals surface area contributed by atoms with Gasteiger partial charge in [-0.1, -0.05) is 12.1 Å². The molecule has 82 valence electrons. The summed E-state index contributed by atoms with van der Waals surface area (Å²) in [7, 11) is 0. The average Bonchev–Trinajstić information content (AvgIpc) is 2.16. The first-order chi connectivity index (χ1) is 7.06. The van der Waals surface area contributed by atoms with Crippen LogP contribution in [0, 0.1) is 5.82 Å². The molecule has 0 aliphatic rings. The monoisotopic (exact) mass is 229 g/mol. The number of carboxylic acid groups (broad SMARTS) is 1. The Kier molecular flexibility index (Phi) is 4.11. The van der Waals surface area contributed by atoms with E-state index >= 15 is 0 Å². The molecule has 3 N–H and O–H groups in total. The molecule has 0 amide bonds. The highest BCUT2D eigenvalue weighted by atomic mass is 32.2. The van der Waals surface area contributed by atoms with E-state index < -0.39 is 12.0 Å². The molecule has 0 saturated heterocycles. The quantitative estimate of drug-likeness (QED) is 0.775. The standard InChI is InChI=1S/C10H12FNO2S/c1-15-10-6(3-2-4-7(10)11)8(12)5-9(13)14/h2-4,8H,5,12H2,1H3,(H,13,14). The molecular weight excluding hydrogens is 217 g/mol. The second-order valence-corrected chi connectivity index (χ2v) is 3.88. The van der Waals surface area contributed by atoms with Crippen molar-refractivity contribution in [2.45, 2.75) is 17.4 Å². The van der Waals surface area contributed by atoms with Crippen LogP contribution in [0.15, 0.2) is 23.1 Å². The zero-order chi connectivity index (χ0) is 11.4. The number of thioether (sulfide) groups is 1. The smallest absolute Gasteiger partial charge is 0.305 e. The van der Waals surface area contributed by atoms with Crippen molar-refractivity contribution in [3.05, 3.63) is 29.6 Å². The number of hydrogen-bond acceptors (Lipinski definition) is 3. The third-order valence-corrected chi connectivity index (χ3v) is 2.83. The molecule has 1 unspecified atom stereocenters. The predicted octanol–water partition coefficient (Wildman–Crippen LogP) is 2.02. The Morgan fingerprint density at radius 1 is 1.67 bits per heavy atom. The summed E-state index contributed by atoms with van der Waals surface area (Å²) in [5, 5.41) is 8.60. The molecule has 0 aliphatic heterocycles. The van der Waals surface area contributed by atoms with Crippen LogP contribution in [0.2, 0.25) is 0 Å². The normalized spacial score (nSPS) is 12.5. The Morgan fingerprint density at radius 3 is 2.87 bits per heavy atom. The van der Waals surface area contributed by atoms with Crippen LogP contribution in [0.3, 0.4) is 0 Å². The highest BCUT2D eigenvalue weighted by Crippen LogP contribution is 2.28. The molecule has 1 atom stereocenters. The van der Waals surface area contributed by atoms with E-state index in [0.29, 0.717) is 10.5 Å². The maximum Gasteiger partial charge on any atom is 0.305 e. The van der Waals surface area contributed by atoms with Gasteiger partial charge in [-0.2, -0.15) is 0 Å². The Labute approximate surface area is 91.5 Å². The summed E-state index contributed by atoms with van der Waals surface area (Å²) in [4.78, 5) is 10.9. The number of aliphatic carboxylic acids is 1. The lowest BCUT2D eigenvalue weighted by atomic mass is 10.0. The van der Waals surface area contributed by atoms with Crippen LogP contribution in [0.1, 0.15) is 18.0 Å². The summed E-state index contributed by atoms with van der Waals surface area (Å²) in [6.07, 6.45) is 1.53. The van der Waals surface area contributed by atoms with Crippen molar-refractivity contribution in [1.82, 2.24) is 0 Å². The molecule has 1 aromatic carbocycles. The summed E-state index contributed by atoms with van der Waals surface area (Å²) >= 11 is 1.23. The number of benzene rings is 1. The summed E-state index contributed by atoms with van der Waals surface area (Å²) in [5.74, 6) is -1.35. The maximum absolute atomic E-state index is 13.3. The lowest BCUT2D eigenvalue weighted by Crippen LogP contribution is -2.16. The first-order valence-electron chi connectivity index (χ1n) is 4.36. The van der Waals surface area contributed by atoms with Crippen molar-refractivity contribution < 1.29 is 14.3 Å². The number of nitrogens with two attached hydrogens (primary N) is 1. The number of hydrogen-bond donors (Lipinski definition) is 2. The van der Waals surface area contributed by atoms with E-state index in [1.165, 1.54) is 23.9 Å². The molecule has 0 saturated carbocycles. The topological polar surface area (TPSA) is 63.3 Å². The molecule has 0 radical (unpaired) electrons. The van der Waals surface area contributed by atoms with Gasteiger partial charge in [0.05, 0.1) is 6.42 Å². The van der Waals surface area contributed by atoms with Crippen LogP contribution >= 0.6 is 11.8 Å². The van der Waals surface area contributed by atoms with E-state index in [2.05, 4.69) is 0 Å². The van der Waals surface area contributed by atoms with E-state index in [-0.39, 0.29) is 12.2 Å². The van der Waals surface area contributed by atoms with Gasteiger partial charge in [0.25, 0.3) is 0 Å². The third kappa shape index (κ3) is 2.94. The second kappa shape index (κ2) is 5.14. The van der Waals surface area contributed by atoms with Crippen molar-refractivity contribution in [2.24, 2.45) is 5.73 Å². The van der Waals surface area contributed by atoms with Crippen LogP contribution in [-0.2, 0) is 4.79 Å². The van der Waals surface area contributed by atoms with Gasteiger partial charge in [0.2, 0.25) is 0 Å². The summed E-state index contributed by atoms with van der Waals surface area (Å²) in [6, 6.07) is 3.86. The van der Waals surface area contributed by atoms with Gasteiger partial charge in [0.15, 0.2) is 0 Å². The predicted molar refractivity (Wildman–Crippen MR) is 57.4 cm³/mol. The van der Waals surface area contributed by atoms with Crippen LogP contribution in [0.5, 0.6) is 0 Å². The van der Waals surface area contributed by atoms with Crippen molar-refractivity contribution in [3.63, 3.8) is 0 Å². The van der Waals surface area contributed by atoms with Gasteiger partial charge in [0, 0.05) is 10.9 Å². The molecule has 3 nitrogen and oxygen atoms in total. The maximum atomic E-state index is 13.3. The largest absolute Gasteiger partial charge is 0.481 e. The van der Waals surface area contributed by atoms with Gasteiger partial charge in [-0.15, -0.1) is 11.8 Å². The number of carboxylic acids is 1. The fraction of sp³-hybridized carbons (Fsp3) is 0.300. The SMILES string of the molecule is CSc1c(F)cccc1C(N)CC(=O)O. The molecule has 1 aromatic rings. The van der Waals surface area contributed by atoms with Crippen LogP contribution in [0.25, 0.3) is 0 Å². The number of halogens is 1. The van der Waals surface area contributed by atoms with Crippen LogP contribution < -0.4 is 5.73 Å². The second-order valence-electron chi connectivity index (χ2n) is 3.07. The Morgan fingerprint density at radius 2 is 2.33 bits per heavy atom. The highest BCUT2D eigenvalue weighted by Gasteiger charge is 2.16. The molecule has 0 aliphatic carbocycles. The highest BCUT2D eigenvalue weighted by molar-refractivity contribution is 7.98. The first kappa shape index (κ1) is 12.0. The van der Waals surface area contributed by atoms with Gasteiger partial charge >= 0.3 is 5.97 Å². The molecule has 0 heterocycles.